The van der Waals surface area contributed by atoms with E-state index in [1.54, 1.807) is 0 Å². The van der Waals surface area contributed by atoms with Gasteiger partial charge < -0.3 is 18.9 Å². The highest BCUT2D eigenvalue weighted by Gasteiger charge is 2.53. The van der Waals surface area contributed by atoms with Gasteiger partial charge in [0.15, 0.2) is 5.79 Å². The lowest BCUT2D eigenvalue weighted by atomic mass is 9.87. The van der Waals surface area contributed by atoms with Crippen LogP contribution < -0.4 is 0 Å². The van der Waals surface area contributed by atoms with E-state index in [1.807, 2.05) is 20.8 Å². The second-order valence-corrected chi connectivity index (χ2v) is 8.78. The van der Waals surface area contributed by atoms with Crippen LogP contribution in [0.25, 0.3) is 0 Å². The number of esters is 1. The van der Waals surface area contributed by atoms with Crippen molar-refractivity contribution in [1.82, 2.24) is 0 Å². The Morgan fingerprint density at radius 2 is 1.65 bits per heavy atom. The Hall–Kier alpha value is -0.650. The zero-order chi connectivity index (χ0) is 19.4. The fraction of sp³-hybridized carbons (Fsp3) is 0.952. The SMILES string of the molecule is CC.CC1OC2OC3(CCCCC3)OC2OC(=O)C1CCCC(C)(C)C. The lowest BCUT2D eigenvalue weighted by molar-refractivity contribution is -0.240. The van der Waals surface area contributed by atoms with Gasteiger partial charge in [-0.1, -0.05) is 47.5 Å². The molecule has 26 heavy (non-hydrogen) atoms. The molecule has 0 radical (unpaired) electrons. The van der Waals surface area contributed by atoms with Gasteiger partial charge in [-0.2, -0.15) is 0 Å². The van der Waals surface area contributed by atoms with E-state index in [0.717, 1.165) is 44.9 Å². The van der Waals surface area contributed by atoms with Gasteiger partial charge in [0, 0.05) is 12.8 Å². The Kier molecular flexibility index (Phi) is 7.52. The van der Waals surface area contributed by atoms with Gasteiger partial charge in [0.1, 0.15) is 0 Å². The van der Waals surface area contributed by atoms with Gasteiger partial charge >= 0.3 is 5.97 Å². The van der Waals surface area contributed by atoms with Crippen LogP contribution in [0.2, 0.25) is 0 Å². The highest BCUT2D eigenvalue weighted by atomic mass is 16.9. The van der Waals surface area contributed by atoms with E-state index < -0.39 is 18.4 Å². The van der Waals surface area contributed by atoms with Crippen molar-refractivity contribution in [3.8, 4) is 0 Å². The normalized spacial score (nSPS) is 33.7. The van der Waals surface area contributed by atoms with Crippen molar-refractivity contribution in [3.05, 3.63) is 0 Å². The molecule has 5 nitrogen and oxygen atoms in total. The molecule has 4 atom stereocenters. The van der Waals surface area contributed by atoms with Crippen LogP contribution in [-0.4, -0.2) is 30.4 Å². The van der Waals surface area contributed by atoms with Gasteiger partial charge in [0.05, 0.1) is 12.0 Å². The van der Waals surface area contributed by atoms with Gasteiger partial charge in [-0.05, 0) is 38.0 Å². The lowest BCUT2D eigenvalue weighted by Crippen LogP contribution is -2.36. The van der Waals surface area contributed by atoms with E-state index in [4.69, 9.17) is 18.9 Å². The number of hydrogen-bond acceptors (Lipinski definition) is 5. The third-order valence-corrected chi connectivity index (χ3v) is 5.39. The third-order valence-electron chi connectivity index (χ3n) is 5.39. The summed E-state index contributed by atoms with van der Waals surface area (Å²) in [4.78, 5) is 12.6. The molecule has 2 heterocycles. The van der Waals surface area contributed by atoms with E-state index in [1.165, 1.54) is 6.42 Å². The molecule has 4 unspecified atom stereocenters. The van der Waals surface area contributed by atoms with Crippen LogP contribution in [-0.2, 0) is 23.7 Å². The summed E-state index contributed by atoms with van der Waals surface area (Å²) >= 11 is 0. The molecule has 0 amide bonds. The van der Waals surface area contributed by atoms with E-state index in [9.17, 15) is 4.79 Å². The zero-order valence-electron chi connectivity index (χ0n) is 17.5. The highest BCUT2D eigenvalue weighted by Crippen LogP contribution is 2.43. The number of carbonyl (C=O) groups is 1. The summed E-state index contributed by atoms with van der Waals surface area (Å²) in [6.45, 7) is 12.6. The van der Waals surface area contributed by atoms with Gasteiger partial charge in [0.25, 0.3) is 6.29 Å². The molecule has 1 spiro atoms. The molecular formula is C21H38O5. The quantitative estimate of drug-likeness (QED) is 0.642. The molecule has 3 aliphatic rings. The maximum absolute atomic E-state index is 12.6. The molecule has 2 saturated heterocycles. The van der Waals surface area contributed by atoms with E-state index in [0.29, 0.717) is 0 Å². The summed E-state index contributed by atoms with van der Waals surface area (Å²) in [6.07, 6.45) is 6.39. The molecule has 1 aliphatic carbocycles. The Morgan fingerprint density at radius 1 is 1.04 bits per heavy atom. The zero-order valence-corrected chi connectivity index (χ0v) is 17.5. The topological polar surface area (TPSA) is 54.0 Å². The van der Waals surface area contributed by atoms with Crippen molar-refractivity contribution in [2.45, 2.75) is 117 Å². The fourth-order valence-electron chi connectivity index (χ4n) is 3.96. The van der Waals surface area contributed by atoms with Crippen LogP contribution in [0.4, 0.5) is 0 Å². The molecule has 0 bridgehead atoms. The average Bonchev–Trinajstić information content (AvgIpc) is 2.84. The second kappa shape index (κ2) is 9.03. The van der Waals surface area contributed by atoms with E-state index in [-0.39, 0.29) is 23.4 Å². The molecule has 0 aromatic heterocycles. The second-order valence-electron chi connectivity index (χ2n) is 8.78. The first-order chi connectivity index (χ1) is 12.3. The summed E-state index contributed by atoms with van der Waals surface area (Å²) in [5, 5.41) is 0. The smallest absolute Gasteiger partial charge is 0.314 e. The molecule has 1 saturated carbocycles. The van der Waals surface area contributed by atoms with Crippen LogP contribution >= 0.6 is 0 Å². The first kappa shape index (κ1) is 21.6. The van der Waals surface area contributed by atoms with Crippen molar-refractivity contribution < 1.29 is 23.7 Å². The molecule has 0 aromatic carbocycles. The third kappa shape index (κ3) is 5.43. The molecule has 5 heteroatoms. The number of ether oxygens (including phenoxy) is 4. The van der Waals surface area contributed by atoms with Crippen LogP contribution in [0.5, 0.6) is 0 Å². The molecule has 152 valence electrons. The summed E-state index contributed by atoms with van der Waals surface area (Å²) in [5.74, 6) is -1.06. The number of rotatable bonds is 3. The lowest BCUT2D eigenvalue weighted by Gasteiger charge is -2.32. The summed E-state index contributed by atoms with van der Waals surface area (Å²) < 4.78 is 23.7. The van der Waals surface area contributed by atoms with E-state index in [2.05, 4.69) is 20.8 Å². The summed E-state index contributed by atoms with van der Waals surface area (Å²) in [7, 11) is 0. The number of carbonyl (C=O) groups excluding carboxylic acids is 1. The first-order valence-electron chi connectivity index (χ1n) is 10.5. The summed E-state index contributed by atoms with van der Waals surface area (Å²) in [5.41, 5.74) is 0.273. The fourth-order valence-corrected chi connectivity index (χ4v) is 3.96. The monoisotopic (exact) mass is 370 g/mol. The number of hydrogen-bond donors (Lipinski definition) is 0. The van der Waals surface area contributed by atoms with E-state index >= 15 is 0 Å². The molecular weight excluding hydrogens is 332 g/mol. The standard InChI is InChI=1S/C19H32O5.C2H6/c1-13-14(9-8-10-18(2,3)4)15(20)22-17-16(21-13)23-19(24-17)11-6-5-7-12-19;1-2/h13-14,16-17H,5-12H2,1-4H3;1-2H3. The van der Waals surface area contributed by atoms with Crippen LogP contribution in [0.15, 0.2) is 0 Å². The Labute approximate surface area is 159 Å². The molecule has 2 aliphatic heterocycles. The summed E-state index contributed by atoms with van der Waals surface area (Å²) in [6, 6.07) is 0. The van der Waals surface area contributed by atoms with Gasteiger partial charge in [-0.15, -0.1) is 0 Å². The Balaban J connectivity index is 0.00000117. The van der Waals surface area contributed by atoms with Crippen LogP contribution in [0.1, 0.15) is 92.9 Å². The van der Waals surface area contributed by atoms with Gasteiger partial charge in [-0.3, -0.25) is 4.79 Å². The molecule has 0 aromatic rings. The van der Waals surface area contributed by atoms with Crippen molar-refractivity contribution in [2.75, 3.05) is 0 Å². The van der Waals surface area contributed by atoms with Crippen molar-refractivity contribution in [1.29, 1.82) is 0 Å². The van der Waals surface area contributed by atoms with Crippen molar-refractivity contribution in [2.24, 2.45) is 11.3 Å². The number of fused-ring (bicyclic) bond motifs is 1. The van der Waals surface area contributed by atoms with Gasteiger partial charge in [-0.25, -0.2) is 0 Å². The van der Waals surface area contributed by atoms with Crippen molar-refractivity contribution in [3.63, 3.8) is 0 Å². The maximum atomic E-state index is 12.6. The average molecular weight is 371 g/mol. The minimum atomic E-state index is -0.717. The Bertz CT molecular complexity index is 450. The molecule has 3 rings (SSSR count). The predicted octanol–water partition coefficient (Wildman–Crippen LogP) is 5.17. The maximum Gasteiger partial charge on any atom is 0.314 e. The minimum Gasteiger partial charge on any atom is -0.430 e. The Morgan fingerprint density at radius 3 is 2.27 bits per heavy atom. The van der Waals surface area contributed by atoms with Crippen LogP contribution in [0, 0.1) is 11.3 Å². The minimum absolute atomic E-state index is 0.208. The van der Waals surface area contributed by atoms with Crippen molar-refractivity contribution >= 4 is 5.97 Å². The van der Waals surface area contributed by atoms with Gasteiger partial charge in [0.2, 0.25) is 6.29 Å². The molecule has 0 N–H and O–H groups in total. The first-order valence-corrected chi connectivity index (χ1v) is 10.5. The predicted molar refractivity (Wildman–Crippen MR) is 100 cm³/mol. The molecule has 3 fully saturated rings. The van der Waals surface area contributed by atoms with Crippen LogP contribution in [0.3, 0.4) is 0 Å². The highest BCUT2D eigenvalue weighted by molar-refractivity contribution is 5.73. The largest absolute Gasteiger partial charge is 0.430 e.